The van der Waals surface area contributed by atoms with Crippen LogP contribution in [0, 0.1) is 17.0 Å². The Bertz CT molecular complexity index is 1430. The minimum absolute atomic E-state index is 0.0580. The highest BCUT2D eigenvalue weighted by atomic mass is 32.1. The number of ether oxygens (including phenoxy) is 1. The predicted octanol–water partition coefficient (Wildman–Crippen LogP) is 4.33. The number of aliphatic hydroxyl groups excluding tert-OH is 1. The van der Waals surface area contributed by atoms with Crippen LogP contribution in [-0.2, 0) is 14.3 Å². The Balaban J connectivity index is 1.81. The molecule has 1 N–H and O–H groups in total. The summed E-state index contributed by atoms with van der Waals surface area (Å²) in [5.74, 6) is -2.93. The number of non-ortho nitro benzene ring substituents is 1. The number of nitro groups is 1. The van der Waals surface area contributed by atoms with E-state index in [0.29, 0.717) is 11.3 Å². The first-order valence-electron chi connectivity index (χ1n) is 10.6. The molecular weight excluding hydrogens is 486 g/mol. The van der Waals surface area contributed by atoms with Crippen LogP contribution in [0.4, 0.5) is 10.8 Å². The van der Waals surface area contributed by atoms with E-state index < -0.39 is 34.4 Å². The van der Waals surface area contributed by atoms with E-state index in [1.807, 2.05) is 6.07 Å². The van der Waals surface area contributed by atoms with Crippen LogP contribution in [0.1, 0.15) is 32.5 Å². The van der Waals surface area contributed by atoms with Crippen LogP contribution in [0.3, 0.4) is 0 Å². The van der Waals surface area contributed by atoms with Gasteiger partial charge in [-0.2, -0.15) is 0 Å². The molecule has 1 unspecified atom stereocenters. The van der Waals surface area contributed by atoms with E-state index in [1.165, 1.54) is 37.5 Å². The summed E-state index contributed by atoms with van der Waals surface area (Å²) in [5.41, 5.74) is 0.978. The van der Waals surface area contributed by atoms with E-state index in [9.17, 15) is 29.6 Å². The highest BCUT2D eigenvalue weighted by Crippen LogP contribution is 2.43. The van der Waals surface area contributed by atoms with Crippen molar-refractivity contribution >= 4 is 45.9 Å². The molecule has 1 aliphatic heterocycles. The van der Waals surface area contributed by atoms with Crippen molar-refractivity contribution in [3.8, 4) is 0 Å². The van der Waals surface area contributed by atoms with Crippen LogP contribution in [-0.4, -0.2) is 39.8 Å². The van der Waals surface area contributed by atoms with E-state index in [0.717, 1.165) is 21.8 Å². The van der Waals surface area contributed by atoms with Crippen LogP contribution in [0.5, 0.6) is 0 Å². The third-order valence-electron chi connectivity index (χ3n) is 5.48. The third-order valence-corrected chi connectivity index (χ3v) is 6.62. The number of esters is 1. The number of aryl methyl sites for hydroxylation is 1. The van der Waals surface area contributed by atoms with Crippen LogP contribution >= 0.6 is 11.3 Å². The molecule has 36 heavy (non-hydrogen) atoms. The molecule has 3 aromatic rings. The summed E-state index contributed by atoms with van der Waals surface area (Å²) in [6, 6.07) is 13.1. The summed E-state index contributed by atoms with van der Waals surface area (Å²) >= 11 is 0.870. The Hall–Kier alpha value is -4.64. The first kappa shape index (κ1) is 24.5. The van der Waals surface area contributed by atoms with Crippen molar-refractivity contribution in [2.45, 2.75) is 13.0 Å². The summed E-state index contributed by atoms with van der Waals surface area (Å²) in [7, 11) is 1.21. The van der Waals surface area contributed by atoms with Crippen LogP contribution in [0.25, 0.3) is 6.08 Å². The number of nitro benzene ring substituents is 1. The van der Waals surface area contributed by atoms with Crippen molar-refractivity contribution in [2.75, 3.05) is 12.0 Å². The molecule has 11 heteroatoms. The van der Waals surface area contributed by atoms with E-state index in [1.54, 1.807) is 37.3 Å². The number of nitrogens with zero attached hydrogens (tertiary/aromatic N) is 3. The molecule has 0 fully saturated rings. The molecule has 4 rings (SSSR count). The number of rotatable bonds is 7. The summed E-state index contributed by atoms with van der Waals surface area (Å²) in [6.07, 6.45) is 2.79. The molecule has 2 aromatic carbocycles. The lowest BCUT2D eigenvalue weighted by Gasteiger charge is -2.24. The van der Waals surface area contributed by atoms with Crippen LogP contribution in [0.2, 0.25) is 0 Å². The zero-order chi connectivity index (χ0) is 26.0. The van der Waals surface area contributed by atoms with Crippen molar-refractivity contribution < 1.29 is 29.2 Å². The van der Waals surface area contributed by atoms with Crippen molar-refractivity contribution in [3.63, 3.8) is 0 Å². The van der Waals surface area contributed by atoms with Crippen molar-refractivity contribution in [3.05, 3.63) is 104 Å². The number of benzene rings is 2. The van der Waals surface area contributed by atoms with Crippen molar-refractivity contribution in [1.29, 1.82) is 0 Å². The highest BCUT2D eigenvalue weighted by Gasteiger charge is 2.45. The zero-order valence-electron chi connectivity index (χ0n) is 19.1. The number of aliphatic hydroxyl groups is 1. The van der Waals surface area contributed by atoms with Crippen LogP contribution in [0.15, 0.2) is 72.0 Å². The number of allylic oxidation sites excluding steroid dienone is 1. The van der Waals surface area contributed by atoms with Gasteiger partial charge in [0.05, 0.1) is 29.3 Å². The number of thiazole rings is 1. The molecule has 1 amide bonds. The molecule has 1 aliphatic rings. The lowest BCUT2D eigenvalue weighted by molar-refractivity contribution is -0.384. The summed E-state index contributed by atoms with van der Waals surface area (Å²) < 4.78 is 4.76. The number of aromatic nitrogens is 1. The zero-order valence-corrected chi connectivity index (χ0v) is 19.9. The lowest BCUT2D eigenvalue weighted by atomic mass is 9.95. The Morgan fingerprint density at radius 3 is 2.44 bits per heavy atom. The van der Waals surface area contributed by atoms with Gasteiger partial charge in [-0.15, -0.1) is 0 Å². The summed E-state index contributed by atoms with van der Waals surface area (Å²) in [4.78, 5) is 54.7. The number of hydrogen-bond donors (Lipinski definition) is 1. The second-order valence-electron chi connectivity index (χ2n) is 7.70. The number of anilines is 1. The number of carbonyl (C=O) groups excluding carboxylic acids is 3. The number of amides is 1. The van der Waals surface area contributed by atoms with Gasteiger partial charge in [0.2, 0.25) is 0 Å². The molecule has 10 nitrogen and oxygen atoms in total. The molecule has 0 radical (unpaired) electrons. The van der Waals surface area contributed by atoms with E-state index >= 15 is 0 Å². The number of carbonyl (C=O) groups is 3. The second kappa shape index (κ2) is 9.92. The van der Waals surface area contributed by atoms with E-state index in [-0.39, 0.29) is 21.3 Å². The normalized spacial score (nSPS) is 15.6. The minimum Gasteiger partial charge on any atom is -0.503 e. The molecule has 0 bridgehead atoms. The number of hydrogen-bond acceptors (Lipinski definition) is 9. The fourth-order valence-corrected chi connectivity index (χ4v) is 4.75. The summed E-state index contributed by atoms with van der Waals surface area (Å²) in [5, 5.41) is 22.0. The molecule has 2 heterocycles. The maximum absolute atomic E-state index is 13.3. The first-order chi connectivity index (χ1) is 17.2. The predicted molar refractivity (Wildman–Crippen MR) is 132 cm³/mol. The van der Waals surface area contributed by atoms with Gasteiger partial charge < -0.3 is 9.84 Å². The smallest absolute Gasteiger partial charge is 0.350 e. The first-order valence-corrected chi connectivity index (χ1v) is 11.4. The average Bonchev–Trinajstić information content (AvgIpc) is 3.39. The average molecular weight is 506 g/mol. The van der Waals surface area contributed by atoms with E-state index in [4.69, 9.17) is 4.74 Å². The second-order valence-corrected chi connectivity index (χ2v) is 8.68. The largest absolute Gasteiger partial charge is 0.503 e. The van der Waals surface area contributed by atoms with Gasteiger partial charge in [-0.05, 0) is 36.3 Å². The highest BCUT2D eigenvalue weighted by molar-refractivity contribution is 7.17. The molecule has 0 spiro atoms. The van der Waals surface area contributed by atoms with Gasteiger partial charge in [0.15, 0.2) is 16.7 Å². The SMILES string of the molecule is COC(=O)c1sc(N2C(=O)C(O)=C(C(=O)/C=C/c3ccccc3)C2c2ccc([N+](=O)[O-])cc2)nc1C. The van der Waals surface area contributed by atoms with Crippen molar-refractivity contribution in [2.24, 2.45) is 0 Å². The minimum atomic E-state index is -1.14. The van der Waals surface area contributed by atoms with Crippen molar-refractivity contribution in [1.82, 2.24) is 4.98 Å². The lowest BCUT2D eigenvalue weighted by Crippen LogP contribution is -2.30. The molecular formula is C25H19N3O7S. The standard InChI is InChI=1S/C25H19N3O7S/c1-14-22(24(32)35-2)36-25(26-14)27-20(16-9-11-17(12-10-16)28(33)34)19(21(30)23(27)31)18(29)13-8-15-6-4-3-5-7-15/h3-13,20,30H,1-2H3/b13-8+. The third kappa shape index (κ3) is 4.51. The molecule has 182 valence electrons. The molecule has 1 atom stereocenters. The van der Waals surface area contributed by atoms with Gasteiger partial charge >= 0.3 is 5.97 Å². The van der Waals surface area contributed by atoms with E-state index in [2.05, 4.69) is 4.98 Å². The molecule has 1 aromatic heterocycles. The van der Waals surface area contributed by atoms with Crippen LogP contribution < -0.4 is 4.90 Å². The maximum atomic E-state index is 13.3. The van der Waals surface area contributed by atoms with Gasteiger partial charge in [0, 0.05) is 12.1 Å². The van der Waals surface area contributed by atoms with Gasteiger partial charge in [-0.3, -0.25) is 24.6 Å². The Labute approximate surface area is 208 Å². The number of methoxy groups -OCH3 is 1. The molecule has 0 saturated heterocycles. The maximum Gasteiger partial charge on any atom is 0.350 e. The Kier molecular flexibility index (Phi) is 6.75. The fourth-order valence-electron chi connectivity index (χ4n) is 3.74. The quantitative estimate of drug-likeness (QED) is 0.217. The van der Waals surface area contributed by atoms with Gasteiger partial charge in [-0.1, -0.05) is 47.7 Å². The van der Waals surface area contributed by atoms with Gasteiger partial charge in [0.1, 0.15) is 4.88 Å². The monoisotopic (exact) mass is 505 g/mol. The fraction of sp³-hybridized carbons (Fsp3) is 0.120. The topological polar surface area (TPSA) is 140 Å². The van der Waals surface area contributed by atoms with Gasteiger partial charge in [0.25, 0.3) is 11.6 Å². The molecule has 0 saturated carbocycles. The Morgan fingerprint density at radius 2 is 1.83 bits per heavy atom. The van der Waals surface area contributed by atoms with Gasteiger partial charge in [-0.25, -0.2) is 9.78 Å². The Morgan fingerprint density at radius 1 is 1.17 bits per heavy atom. The summed E-state index contributed by atoms with van der Waals surface area (Å²) in [6.45, 7) is 1.57. The molecule has 0 aliphatic carbocycles. The number of ketones is 1.